The van der Waals surface area contributed by atoms with Crippen LogP contribution < -0.4 is 5.73 Å². The monoisotopic (exact) mass is 162 g/mol. The highest BCUT2D eigenvalue weighted by Gasteiger charge is 1.94. The van der Waals surface area contributed by atoms with Gasteiger partial charge < -0.3 is 5.73 Å². The standard InChI is InChI=1S/C10H14N2/c1-7(2)4-9-5-8(3)10(11)6-12-9/h4-6H,11H2,1-3H3. The van der Waals surface area contributed by atoms with Crippen molar-refractivity contribution in [3.63, 3.8) is 0 Å². The fraction of sp³-hybridized carbons (Fsp3) is 0.300. The van der Waals surface area contributed by atoms with Gasteiger partial charge in [-0.15, -0.1) is 0 Å². The van der Waals surface area contributed by atoms with Crippen molar-refractivity contribution < 1.29 is 0 Å². The molecule has 0 radical (unpaired) electrons. The molecule has 0 unspecified atom stereocenters. The van der Waals surface area contributed by atoms with E-state index in [0.717, 1.165) is 16.9 Å². The number of allylic oxidation sites excluding steroid dienone is 1. The molecule has 1 heterocycles. The van der Waals surface area contributed by atoms with E-state index in [-0.39, 0.29) is 0 Å². The second-order valence-electron chi connectivity index (χ2n) is 3.19. The third kappa shape index (κ3) is 2.09. The third-order valence-electron chi connectivity index (χ3n) is 1.61. The molecule has 2 nitrogen and oxygen atoms in total. The summed E-state index contributed by atoms with van der Waals surface area (Å²) in [6, 6.07) is 1.99. The molecule has 0 amide bonds. The summed E-state index contributed by atoms with van der Waals surface area (Å²) < 4.78 is 0. The maximum Gasteiger partial charge on any atom is 0.0633 e. The van der Waals surface area contributed by atoms with Gasteiger partial charge in [0.25, 0.3) is 0 Å². The molecule has 1 rings (SSSR count). The van der Waals surface area contributed by atoms with Crippen molar-refractivity contribution >= 4 is 11.8 Å². The lowest BCUT2D eigenvalue weighted by Crippen LogP contribution is -1.92. The first-order chi connectivity index (χ1) is 5.59. The molecule has 1 aromatic heterocycles. The molecule has 0 aliphatic rings. The number of nitrogens with zero attached hydrogens (tertiary/aromatic N) is 1. The van der Waals surface area contributed by atoms with Crippen LogP contribution in [-0.4, -0.2) is 4.98 Å². The van der Waals surface area contributed by atoms with Crippen LogP contribution in [-0.2, 0) is 0 Å². The summed E-state index contributed by atoms with van der Waals surface area (Å²) in [7, 11) is 0. The van der Waals surface area contributed by atoms with Crippen LogP contribution in [0, 0.1) is 6.92 Å². The number of aromatic nitrogens is 1. The first-order valence-corrected chi connectivity index (χ1v) is 3.96. The Morgan fingerprint density at radius 3 is 2.67 bits per heavy atom. The van der Waals surface area contributed by atoms with Crippen molar-refractivity contribution in [2.24, 2.45) is 0 Å². The minimum absolute atomic E-state index is 0.751. The Bertz CT molecular complexity index is 310. The van der Waals surface area contributed by atoms with Crippen LogP contribution >= 0.6 is 0 Å². The summed E-state index contributed by atoms with van der Waals surface area (Å²) in [5, 5.41) is 0. The predicted octanol–water partition coefficient (Wildman–Crippen LogP) is 2.40. The average molecular weight is 162 g/mol. The van der Waals surface area contributed by atoms with Crippen LogP contribution in [0.15, 0.2) is 17.8 Å². The van der Waals surface area contributed by atoms with E-state index < -0.39 is 0 Å². The van der Waals surface area contributed by atoms with Crippen LogP contribution in [0.1, 0.15) is 25.1 Å². The van der Waals surface area contributed by atoms with Gasteiger partial charge in [-0.2, -0.15) is 0 Å². The molecule has 0 bridgehead atoms. The molecular formula is C10H14N2. The summed E-state index contributed by atoms with van der Waals surface area (Å²) >= 11 is 0. The van der Waals surface area contributed by atoms with E-state index in [1.807, 2.05) is 32.9 Å². The summed E-state index contributed by atoms with van der Waals surface area (Å²) in [6.07, 6.45) is 3.73. The lowest BCUT2D eigenvalue weighted by atomic mass is 10.2. The van der Waals surface area contributed by atoms with E-state index >= 15 is 0 Å². The number of aryl methyl sites for hydroxylation is 1. The Labute approximate surface area is 73.1 Å². The maximum absolute atomic E-state index is 5.64. The van der Waals surface area contributed by atoms with E-state index in [9.17, 15) is 0 Å². The zero-order chi connectivity index (χ0) is 9.14. The Morgan fingerprint density at radius 2 is 2.17 bits per heavy atom. The Morgan fingerprint density at radius 1 is 1.50 bits per heavy atom. The largest absolute Gasteiger partial charge is 0.397 e. The zero-order valence-corrected chi connectivity index (χ0v) is 7.76. The first-order valence-electron chi connectivity index (χ1n) is 3.96. The minimum atomic E-state index is 0.751. The summed E-state index contributed by atoms with van der Waals surface area (Å²) in [6.45, 7) is 6.08. The number of anilines is 1. The quantitative estimate of drug-likeness (QED) is 0.688. The number of nitrogen functional groups attached to an aromatic ring is 1. The van der Waals surface area contributed by atoms with Crippen molar-refractivity contribution in [2.45, 2.75) is 20.8 Å². The van der Waals surface area contributed by atoms with Crippen LogP contribution in [0.4, 0.5) is 5.69 Å². The van der Waals surface area contributed by atoms with Crippen LogP contribution in [0.3, 0.4) is 0 Å². The Hall–Kier alpha value is -1.31. The van der Waals surface area contributed by atoms with Crippen molar-refractivity contribution in [3.05, 3.63) is 29.1 Å². The van der Waals surface area contributed by atoms with Gasteiger partial charge in [-0.3, -0.25) is 4.98 Å². The second-order valence-corrected chi connectivity index (χ2v) is 3.19. The highest BCUT2D eigenvalue weighted by Crippen LogP contribution is 2.11. The fourth-order valence-corrected chi connectivity index (χ4v) is 0.963. The first kappa shape index (κ1) is 8.78. The molecule has 12 heavy (non-hydrogen) atoms. The lowest BCUT2D eigenvalue weighted by molar-refractivity contribution is 1.25. The lowest BCUT2D eigenvalue weighted by Gasteiger charge is -2.00. The molecule has 0 aliphatic heterocycles. The van der Waals surface area contributed by atoms with E-state index in [0.29, 0.717) is 0 Å². The Balaban J connectivity index is 3.05. The van der Waals surface area contributed by atoms with E-state index in [1.165, 1.54) is 5.57 Å². The van der Waals surface area contributed by atoms with E-state index in [1.54, 1.807) is 6.20 Å². The van der Waals surface area contributed by atoms with Crippen molar-refractivity contribution in [3.8, 4) is 0 Å². The predicted molar refractivity (Wildman–Crippen MR) is 52.7 cm³/mol. The van der Waals surface area contributed by atoms with Gasteiger partial charge in [0.1, 0.15) is 0 Å². The molecule has 0 fully saturated rings. The zero-order valence-electron chi connectivity index (χ0n) is 7.76. The molecule has 0 saturated heterocycles. The minimum Gasteiger partial charge on any atom is -0.397 e. The third-order valence-corrected chi connectivity index (χ3v) is 1.61. The number of hydrogen-bond donors (Lipinski definition) is 1. The van der Waals surface area contributed by atoms with Gasteiger partial charge in [0.15, 0.2) is 0 Å². The molecule has 0 aliphatic carbocycles. The SMILES string of the molecule is CC(C)=Cc1cc(C)c(N)cn1. The topological polar surface area (TPSA) is 38.9 Å². The van der Waals surface area contributed by atoms with Gasteiger partial charge in [-0.05, 0) is 38.5 Å². The van der Waals surface area contributed by atoms with Crippen LogP contribution in [0.25, 0.3) is 6.08 Å². The molecule has 1 aromatic rings. The molecule has 2 N–H and O–H groups in total. The molecule has 64 valence electrons. The van der Waals surface area contributed by atoms with Crippen molar-refractivity contribution in [1.82, 2.24) is 4.98 Å². The average Bonchev–Trinajstić information content (AvgIpc) is 1.96. The summed E-state index contributed by atoms with van der Waals surface area (Å²) in [4.78, 5) is 4.18. The number of hydrogen-bond acceptors (Lipinski definition) is 2. The van der Waals surface area contributed by atoms with Gasteiger partial charge in [0, 0.05) is 0 Å². The van der Waals surface area contributed by atoms with Gasteiger partial charge in [-0.1, -0.05) is 5.57 Å². The fourth-order valence-electron chi connectivity index (χ4n) is 0.963. The van der Waals surface area contributed by atoms with Crippen LogP contribution in [0.2, 0.25) is 0 Å². The van der Waals surface area contributed by atoms with E-state index in [4.69, 9.17) is 5.73 Å². The van der Waals surface area contributed by atoms with Gasteiger partial charge in [0.2, 0.25) is 0 Å². The van der Waals surface area contributed by atoms with Crippen LogP contribution in [0.5, 0.6) is 0 Å². The van der Waals surface area contributed by atoms with Gasteiger partial charge in [-0.25, -0.2) is 0 Å². The highest BCUT2D eigenvalue weighted by atomic mass is 14.7. The van der Waals surface area contributed by atoms with Gasteiger partial charge >= 0.3 is 0 Å². The molecule has 0 atom stereocenters. The molecule has 0 aromatic carbocycles. The van der Waals surface area contributed by atoms with E-state index in [2.05, 4.69) is 4.98 Å². The Kier molecular flexibility index (Phi) is 2.48. The molecular weight excluding hydrogens is 148 g/mol. The highest BCUT2D eigenvalue weighted by molar-refractivity contribution is 5.53. The second kappa shape index (κ2) is 3.39. The summed E-state index contributed by atoms with van der Waals surface area (Å²) in [5.41, 5.74) is 9.68. The molecule has 0 saturated carbocycles. The maximum atomic E-state index is 5.64. The smallest absolute Gasteiger partial charge is 0.0633 e. The summed E-state index contributed by atoms with van der Waals surface area (Å²) in [5.74, 6) is 0. The normalized spacial score (nSPS) is 9.58. The van der Waals surface area contributed by atoms with Gasteiger partial charge in [0.05, 0.1) is 17.6 Å². The number of nitrogens with two attached hydrogens (primary N) is 1. The number of pyridine rings is 1. The van der Waals surface area contributed by atoms with Crippen molar-refractivity contribution in [2.75, 3.05) is 5.73 Å². The van der Waals surface area contributed by atoms with Crippen molar-refractivity contribution in [1.29, 1.82) is 0 Å². The molecule has 2 heteroatoms. The molecule has 0 spiro atoms. The number of rotatable bonds is 1.